The number of fused-ring (bicyclic) bond motifs is 6. The number of aryl methyl sites for hydroxylation is 1. The van der Waals surface area contributed by atoms with Gasteiger partial charge in [-0.2, -0.15) is 0 Å². The van der Waals surface area contributed by atoms with Gasteiger partial charge >= 0.3 is 15.4 Å². The second-order valence-electron chi connectivity index (χ2n) is 13.2. The molecule has 4 N–H and O–H groups in total. The van der Waals surface area contributed by atoms with E-state index in [9.17, 15) is 38.3 Å². The number of alkyl halides is 1. The molecular weight excluding hydrogens is 738 g/mol. The first-order chi connectivity index (χ1) is 25.2. The Labute approximate surface area is 310 Å². The van der Waals surface area contributed by atoms with E-state index in [1.807, 2.05) is 61.5 Å². The number of nitrogens with zero attached hydrogens (tertiary/aromatic N) is 2. The Morgan fingerprint density at radius 3 is 2.17 bits per heavy atom. The first kappa shape index (κ1) is 36.8. The maximum atomic E-state index is 13.6. The van der Waals surface area contributed by atoms with Crippen LogP contribution in [0, 0.1) is 6.92 Å². The summed E-state index contributed by atoms with van der Waals surface area (Å²) in [7, 11) is -9.23. The number of halogens is 1. The molecule has 2 aliphatic rings. The van der Waals surface area contributed by atoms with Crippen LogP contribution < -0.4 is 14.3 Å². The smallest absolute Gasteiger partial charge is 0.404 e. The van der Waals surface area contributed by atoms with Crippen molar-refractivity contribution >= 4 is 83.9 Å². The monoisotopic (exact) mass is 772 g/mol. The molecule has 2 heterocycles. The van der Waals surface area contributed by atoms with E-state index >= 15 is 0 Å². The minimum atomic E-state index is -4.84. The zero-order valence-corrected chi connectivity index (χ0v) is 31.0. The quantitative estimate of drug-likeness (QED) is 0.0677. The fourth-order valence-electron chi connectivity index (χ4n) is 7.37. The predicted molar refractivity (Wildman–Crippen MR) is 207 cm³/mol. The van der Waals surface area contributed by atoms with Gasteiger partial charge in [0.05, 0.1) is 11.8 Å². The van der Waals surface area contributed by atoms with E-state index in [2.05, 4.69) is 0 Å². The van der Waals surface area contributed by atoms with Crippen LogP contribution in [-0.4, -0.2) is 50.4 Å². The summed E-state index contributed by atoms with van der Waals surface area (Å²) in [6.07, 6.45) is 6.44. The maximum Gasteiger partial charge on any atom is 0.524 e. The number of carbonyl (C=O) groups excluding carboxylic acids is 2. The third-order valence-electron chi connectivity index (χ3n) is 9.65. The van der Waals surface area contributed by atoms with Crippen molar-refractivity contribution in [2.75, 3.05) is 28.8 Å². The number of hydrogen-bond acceptors (Lipinski definition) is 5. The number of rotatable bonds is 9. The molecule has 5 aromatic rings. The Hall–Kier alpha value is -4.57. The molecule has 0 saturated heterocycles. The molecule has 0 unspecified atom stereocenters. The van der Waals surface area contributed by atoms with Crippen molar-refractivity contribution in [1.29, 1.82) is 0 Å². The molecule has 0 bridgehead atoms. The minimum absolute atomic E-state index is 0.000261. The summed E-state index contributed by atoms with van der Waals surface area (Å²) in [6, 6.07) is 23.3. The molecule has 2 aliphatic heterocycles. The zero-order chi connectivity index (χ0) is 37.7. The summed E-state index contributed by atoms with van der Waals surface area (Å²) in [5.41, 5.74) is 5.77. The van der Waals surface area contributed by atoms with Gasteiger partial charge in [0.25, 0.3) is 11.8 Å². The summed E-state index contributed by atoms with van der Waals surface area (Å²) in [6.45, 7) is 2.62. The number of phosphoric ester groups is 1. The highest BCUT2D eigenvalue weighted by Crippen LogP contribution is 2.48. The van der Waals surface area contributed by atoms with E-state index in [0.29, 0.717) is 41.8 Å². The molecule has 0 aliphatic carbocycles. The van der Waals surface area contributed by atoms with Crippen LogP contribution >= 0.6 is 27.0 Å². The highest BCUT2D eigenvalue weighted by molar-refractivity contribution is 7.50. The molecule has 0 saturated carbocycles. The van der Waals surface area contributed by atoms with Gasteiger partial charge < -0.3 is 24.1 Å². The van der Waals surface area contributed by atoms with Crippen molar-refractivity contribution in [1.82, 2.24) is 0 Å². The number of carbonyl (C=O) groups is 2. The van der Waals surface area contributed by atoms with Gasteiger partial charge in [-0.3, -0.25) is 23.9 Å². The van der Waals surface area contributed by atoms with Crippen molar-refractivity contribution in [3.63, 3.8) is 0 Å². The highest BCUT2D eigenvalue weighted by Gasteiger charge is 2.34. The normalized spacial score (nSPS) is 15.9. The van der Waals surface area contributed by atoms with Gasteiger partial charge in [0, 0.05) is 54.2 Å². The number of anilines is 2. The lowest BCUT2D eigenvalue weighted by Crippen LogP contribution is -2.28. The van der Waals surface area contributed by atoms with E-state index in [0.717, 1.165) is 44.0 Å². The van der Waals surface area contributed by atoms with E-state index in [1.165, 1.54) is 18.2 Å². The number of phosphoric acid groups is 1. The second kappa shape index (κ2) is 14.3. The summed E-state index contributed by atoms with van der Waals surface area (Å²) in [5, 5.41) is 2.85. The molecule has 7 rings (SSSR count). The first-order valence-electron chi connectivity index (χ1n) is 16.8. The van der Waals surface area contributed by atoms with Crippen molar-refractivity contribution in [3.8, 4) is 5.75 Å². The van der Waals surface area contributed by atoms with E-state index < -0.39 is 21.6 Å². The van der Waals surface area contributed by atoms with Crippen LogP contribution in [0.15, 0.2) is 91.0 Å². The molecule has 14 heteroatoms. The largest absolute Gasteiger partial charge is 0.524 e. The van der Waals surface area contributed by atoms with E-state index in [4.69, 9.17) is 16.1 Å². The van der Waals surface area contributed by atoms with Crippen LogP contribution in [0.1, 0.15) is 39.3 Å². The average molecular weight is 773 g/mol. The molecule has 11 nitrogen and oxygen atoms in total. The Bertz CT molecular complexity index is 2470. The molecule has 5 aromatic carbocycles. The molecular formula is C39H35ClN2O9P2. The first-order valence-corrected chi connectivity index (χ1v) is 20.6. The van der Waals surface area contributed by atoms with Crippen LogP contribution in [0.5, 0.6) is 5.75 Å². The minimum Gasteiger partial charge on any atom is -0.404 e. The van der Waals surface area contributed by atoms with Gasteiger partial charge in [-0.25, -0.2) is 4.57 Å². The second-order valence-corrected chi connectivity index (χ2v) is 16.3. The Morgan fingerprint density at radius 1 is 0.830 bits per heavy atom. The third kappa shape index (κ3) is 7.61. The van der Waals surface area contributed by atoms with Crippen LogP contribution in [-0.2, 0) is 31.3 Å². The van der Waals surface area contributed by atoms with Gasteiger partial charge in [0.15, 0.2) is 0 Å². The van der Waals surface area contributed by atoms with E-state index in [-0.39, 0.29) is 29.4 Å². The lowest BCUT2D eigenvalue weighted by atomic mass is 9.93. The maximum absolute atomic E-state index is 13.6. The Morgan fingerprint density at radius 2 is 1.49 bits per heavy atom. The zero-order valence-electron chi connectivity index (χ0n) is 28.4. The molecule has 0 aromatic heterocycles. The molecule has 53 heavy (non-hydrogen) atoms. The van der Waals surface area contributed by atoms with Gasteiger partial charge in [0.2, 0.25) is 0 Å². The van der Waals surface area contributed by atoms with Gasteiger partial charge in [-0.1, -0.05) is 66.7 Å². The Balaban J connectivity index is 1.10. The molecule has 0 spiro atoms. The van der Waals surface area contributed by atoms with Crippen LogP contribution in [0.3, 0.4) is 0 Å². The fourth-order valence-corrected chi connectivity index (χ4v) is 8.74. The Kier molecular flexibility index (Phi) is 9.95. The highest BCUT2D eigenvalue weighted by atomic mass is 35.5. The van der Waals surface area contributed by atoms with Crippen molar-refractivity contribution in [3.05, 3.63) is 124 Å². The van der Waals surface area contributed by atoms with Crippen LogP contribution in [0.4, 0.5) is 11.4 Å². The van der Waals surface area contributed by atoms with Crippen LogP contribution in [0.2, 0.25) is 0 Å². The predicted octanol–water partition coefficient (Wildman–Crippen LogP) is 7.44. The van der Waals surface area contributed by atoms with Gasteiger partial charge in [0.1, 0.15) is 5.75 Å². The summed E-state index contributed by atoms with van der Waals surface area (Å²) >= 11 is 6.37. The molecule has 1 atom stereocenters. The van der Waals surface area contributed by atoms with Crippen LogP contribution in [0.25, 0.3) is 33.7 Å². The van der Waals surface area contributed by atoms with E-state index in [1.54, 1.807) is 40.2 Å². The van der Waals surface area contributed by atoms with Gasteiger partial charge in [-0.15, -0.1) is 11.6 Å². The van der Waals surface area contributed by atoms with Crippen molar-refractivity contribution in [2.45, 2.75) is 25.4 Å². The molecule has 0 fully saturated rings. The molecule has 272 valence electrons. The average Bonchev–Trinajstić information content (AvgIpc) is 3.71. The lowest BCUT2D eigenvalue weighted by Gasteiger charge is -2.18. The SMILES string of the molecule is Cc1cc(/C=C/C(=O)N2C[C@@H](CCl)c3c2cc(CP(=O)(O)O)c2ccccc32)ccc1/C=C/C(=O)N1CCc2c1cc(OP(=O)(O)O)c1ccccc21. The number of amides is 2. The lowest BCUT2D eigenvalue weighted by molar-refractivity contribution is -0.114. The third-order valence-corrected chi connectivity index (χ3v) is 11.2. The molecule has 0 radical (unpaired) electrons. The number of hydrogen-bond donors (Lipinski definition) is 4. The van der Waals surface area contributed by atoms with Crippen molar-refractivity contribution in [2.24, 2.45) is 0 Å². The topological polar surface area (TPSA) is 165 Å². The van der Waals surface area contributed by atoms with Crippen molar-refractivity contribution < 1.29 is 42.8 Å². The standard InChI is InChI=1S/C39H35ClN2O9P2/c1-24-18-25(11-14-38(44)42-22-28(21-40)39-33-9-5-2-6-29(33)27(19-35(39)42)23-52(45,46)47)10-12-26(24)13-15-37(43)41-17-16-31-30-7-3-4-8-32(30)36(20-34(31)41)51-53(48,49)50/h2-15,18-20,28H,16-17,21-23H2,1H3,(H2,45,46,47)(H2,48,49,50)/b14-11+,15-13+/t28-/m1/s1. The summed E-state index contributed by atoms with van der Waals surface area (Å²) in [4.78, 5) is 68.8. The summed E-state index contributed by atoms with van der Waals surface area (Å²) in [5.74, 6) is -0.478. The molecule has 2 amide bonds. The summed E-state index contributed by atoms with van der Waals surface area (Å²) < 4.78 is 28.7. The van der Waals surface area contributed by atoms with Gasteiger partial charge in [-0.05, 0) is 81.1 Å². The fraction of sp³-hybridized carbons (Fsp3) is 0.179. The number of benzene rings is 5.